The maximum Gasteiger partial charge on any atom is 0.254 e. The largest absolute Gasteiger partial charge is 0.436 e. The predicted molar refractivity (Wildman–Crippen MR) is 98.5 cm³/mol. The molecular weight excluding hydrogens is 328 g/mol. The standard InChI is InChI=1S/C21H20N2O3/c24-16-9-6-12-23(14-16)21(25)18-11-5-4-10-17(18)20-22-13-19(26-20)15-7-2-1-3-8-15/h1-5,7-8,10-11,13,16,24H,6,9,12,14H2. The molecule has 0 radical (unpaired) electrons. The van der Waals surface area contributed by atoms with Gasteiger partial charge in [0.25, 0.3) is 5.91 Å². The average molecular weight is 348 g/mol. The van der Waals surface area contributed by atoms with E-state index in [0.717, 1.165) is 18.4 Å². The number of nitrogens with zero attached hydrogens (tertiary/aromatic N) is 2. The molecule has 26 heavy (non-hydrogen) atoms. The Morgan fingerprint density at radius 1 is 1.12 bits per heavy atom. The molecule has 1 aromatic heterocycles. The van der Waals surface area contributed by atoms with Crippen molar-refractivity contribution in [1.82, 2.24) is 9.88 Å². The number of carbonyl (C=O) groups is 1. The number of hydrogen-bond donors (Lipinski definition) is 1. The van der Waals surface area contributed by atoms with E-state index in [2.05, 4.69) is 4.98 Å². The second-order valence-corrected chi connectivity index (χ2v) is 6.49. The van der Waals surface area contributed by atoms with Crippen LogP contribution < -0.4 is 0 Å². The van der Waals surface area contributed by atoms with Crippen molar-refractivity contribution in [2.45, 2.75) is 18.9 Å². The number of carbonyl (C=O) groups excluding carboxylic acids is 1. The highest BCUT2D eigenvalue weighted by Gasteiger charge is 2.26. The summed E-state index contributed by atoms with van der Waals surface area (Å²) in [6.45, 7) is 1.03. The number of oxazole rings is 1. The lowest BCUT2D eigenvalue weighted by atomic mass is 10.0. The van der Waals surface area contributed by atoms with Crippen LogP contribution in [0.5, 0.6) is 0 Å². The third-order valence-corrected chi connectivity index (χ3v) is 4.64. The third-order valence-electron chi connectivity index (χ3n) is 4.64. The van der Waals surface area contributed by atoms with Crippen molar-refractivity contribution in [2.24, 2.45) is 0 Å². The van der Waals surface area contributed by atoms with E-state index in [4.69, 9.17) is 4.42 Å². The van der Waals surface area contributed by atoms with E-state index in [0.29, 0.717) is 35.9 Å². The molecule has 1 atom stereocenters. The lowest BCUT2D eigenvalue weighted by Gasteiger charge is -2.30. The van der Waals surface area contributed by atoms with Gasteiger partial charge in [0.2, 0.25) is 5.89 Å². The molecule has 0 saturated carbocycles. The zero-order chi connectivity index (χ0) is 17.9. The summed E-state index contributed by atoms with van der Waals surface area (Å²) in [4.78, 5) is 19.0. The van der Waals surface area contributed by atoms with Crippen molar-refractivity contribution in [2.75, 3.05) is 13.1 Å². The summed E-state index contributed by atoms with van der Waals surface area (Å²) in [5.41, 5.74) is 2.15. The Morgan fingerprint density at radius 3 is 2.69 bits per heavy atom. The van der Waals surface area contributed by atoms with Gasteiger partial charge in [-0.2, -0.15) is 0 Å². The molecule has 1 amide bonds. The predicted octanol–water partition coefficient (Wildman–Crippen LogP) is 3.61. The number of amides is 1. The van der Waals surface area contributed by atoms with Gasteiger partial charge in [-0.3, -0.25) is 4.79 Å². The molecular formula is C21H20N2O3. The van der Waals surface area contributed by atoms with Gasteiger partial charge >= 0.3 is 0 Å². The molecule has 0 spiro atoms. The molecule has 132 valence electrons. The molecule has 1 aliphatic heterocycles. The highest BCUT2D eigenvalue weighted by molar-refractivity contribution is 6.00. The van der Waals surface area contributed by atoms with Crippen molar-refractivity contribution in [1.29, 1.82) is 0 Å². The molecule has 1 N–H and O–H groups in total. The molecule has 2 aromatic carbocycles. The van der Waals surface area contributed by atoms with Crippen molar-refractivity contribution >= 4 is 5.91 Å². The van der Waals surface area contributed by atoms with Crippen LogP contribution in [0.25, 0.3) is 22.8 Å². The minimum absolute atomic E-state index is 0.0983. The van der Waals surface area contributed by atoms with E-state index in [1.165, 1.54) is 0 Å². The first kappa shape index (κ1) is 16.5. The van der Waals surface area contributed by atoms with Crippen LogP contribution in [0, 0.1) is 0 Å². The molecule has 1 aliphatic rings. The number of likely N-dealkylation sites (tertiary alicyclic amines) is 1. The van der Waals surface area contributed by atoms with Crippen molar-refractivity contribution < 1.29 is 14.3 Å². The number of aromatic nitrogens is 1. The van der Waals surface area contributed by atoms with Crippen molar-refractivity contribution in [3.8, 4) is 22.8 Å². The lowest BCUT2D eigenvalue weighted by Crippen LogP contribution is -2.42. The number of hydrogen-bond acceptors (Lipinski definition) is 4. The maximum atomic E-state index is 13.0. The Kier molecular flexibility index (Phi) is 4.54. The monoisotopic (exact) mass is 348 g/mol. The minimum Gasteiger partial charge on any atom is -0.436 e. The van der Waals surface area contributed by atoms with Gasteiger partial charge in [0, 0.05) is 24.2 Å². The fraction of sp³-hybridized carbons (Fsp3) is 0.238. The van der Waals surface area contributed by atoms with Gasteiger partial charge in [0.05, 0.1) is 17.9 Å². The van der Waals surface area contributed by atoms with Crippen molar-refractivity contribution in [3.63, 3.8) is 0 Å². The smallest absolute Gasteiger partial charge is 0.254 e. The SMILES string of the molecule is O=C(c1ccccc1-c1ncc(-c2ccccc2)o1)N1CCCC(O)C1. The molecule has 0 aliphatic carbocycles. The fourth-order valence-electron chi connectivity index (χ4n) is 3.30. The van der Waals surface area contributed by atoms with Crippen LogP contribution in [0.2, 0.25) is 0 Å². The highest BCUT2D eigenvalue weighted by atomic mass is 16.4. The van der Waals surface area contributed by atoms with Gasteiger partial charge in [-0.1, -0.05) is 42.5 Å². The molecule has 1 saturated heterocycles. The Hall–Kier alpha value is -2.92. The molecule has 1 fully saturated rings. The van der Waals surface area contributed by atoms with Crippen molar-refractivity contribution in [3.05, 3.63) is 66.4 Å². The van der Waals surface area contributed by atoms with E-state index in [-0.39, 0.29) is 5.91 Å². The molecule has 0 bridgehead atoms. The Morgan fingerprint density at radius 2 is 1.88 bits per heavy atom. The van der Waals surface area contributed by atoms with E-state index in [9.17, 15) is 9.90 Å². The first-order chi connectivity index (χ1) is 12.7. The molecule has 5 nitrogen and oxygen atoms in total. The number of aliphatic hydroxyl groups excluding tert-OH is 1. The molecule has 1 unspecified atom stereocenters. The lowest BCUT2D eigenvalue weighted by molar-refractivity contribution is 0.0474. The van der Waals surface area contributed by atoms with Crippen LogP contribution in [-0.2, 0) is 0 Å². The van der Waals surface area contributed by atoms with Gasteiger partial charge in [0.1, 0.15) is 0 Å². The molecule has 3 aromatic rings. The van der Waals surface area contributed by atoms with E-state index < -0.39 is 6.10 Å². The number of benzene rings is 2. The second kappa shape index (κ2) is 7.14. The maximum absolute atomic E-state index is 13.0. The van der Waals surface area contributed by atoms with Gasteiger partial charge in [0.15, 0.2) is 5.76 Å². The van der Waals surface area contributed by atoms with Crippen LogP contribution in [-0.4, -0.2) is 40.1 Å². The van der Waals surface area contributed by atoms with E-state index in [1.54, 1.807) is 17.2 Å². The topological polar surface area (TPSA) is 66.6 Å². The van der Waals surface area contributed by atoms with Crippen LogP contribution in [0.1, 0.15) is 23.2 Å². The van der Waals surface area contributed by atoms with Gasteiger partial charge in [-0.15, -0.1) is 0 Å². The summed E-state index contributed by atoms with van der Waals surface area (Å²) in [6.07, 6.45) is 2.78. The fourth-order valence-corrected chi connectivity index (χ4v) is 3.30. The van der Waals surface area contributed by atoms with Gasteiger partial charge in [-0.25, -0.2) is 4.98 Å². The molecule has 5 heteroatoms. The number of rotatable bonds is 3. The summed E-state index contributed by atoms with van der Waals surface area (Å²) in [5.74, 6) is 0.986. The third kappa shape index (κ3) is 3.26. The zero-order valence-electron chi connectivity index (χ0n) is 14.3. The van der Waals surface area contributed by atoms with E-state index >= 15 is 0 Å². The minimum atomic E-state index is -0.453. The van der Waals surface area contributed by atoms with Gasteiger partial charge in [-0.05, 0) is 25.0 Å². The first-order valence-electron chi connectivity index (χ1n) is 8.80. The second-order valence-electron chi connectivity index (χ2n) is 6.49. The Balaban J connectivity index is 1.66. The van der Waals surface area contributed by atoms with E-state index in [1.807, 2.05) is 48.5 Å². The van der Waals surface area contributed by atoms with Crippen LogP contribution in [0.15, 0.2) is 65.2 Å². The zero-order valence-corrected chi connectivity index (χ0v) is 14.3. The number of aliphatic hydroxyl groups is 1. The normalized spacial score (nSPS) is 17.3. The number of β-amino-alcohol motifs (C(OH)–C–C–N with tert-alkyl or cyclic N) is 1. The van der Waals surface area contributed by atoms with Crippen LogP contribution >= 0.6 is 0 Å². The Bertz CT molecular complexity index is 904. The van der Waals surface area contributed by atoms with Crippen LogP contribution in [0.3, 0.4) is 0 Å². The summed E-state index contributed by atoms with van der Waals surface area (Å²) in [6, 6.07) is 17.1. The summed E-state index contributed by atoms with van der Waals surface area (Å²) in [7, 11) is 0. The summed E-state index contributed by atoms with van der Waals surface area (Å²) >= 11 is 0. The quantitative estimate of drug-likeness (QED) is 0.785. The molecule has 4 rings (SSSR count). The summed E-state index contributed by atoms with van der Waals surface area (Å²) < 4.78 is 5.92. The number of piperidine rings is 1. The Labute approximate surface area is 151 Å². The highest BCUT2D eigenvalue weighted by Crippen LogP contribution is 2.29. The molecule has 2 heterocycles. The average Bonchev–Trinajstić information content (AvgIpc) is 3.18. The first-order valence-corrected chi connectivity index (χ1v) is 8.80. The van der Waals surface area contributed by atoms with Gasteiger partial charge < -0.3 is 14.4 Å². The summed E-state index contributed by atoms with van der Waals surface area (Å²) in [5, 5.41) is 9.87. The van der Waals surface area contributed by atoms with Crippen LogP contribution in [0.4, 0.5) is 0 Å².